The van der Waals surface area contributed by atoms with Gasteiger partial charge in [-0.3, -0.25) is 0 Å². The predicted molar refractivity (Wildman–Crippen MR) is 86.1 cm³/mol. The number of hydrogen-bond donors (Lipinski definition) is 1. The normalized spacial score (nSPS) is 14.7. The third kappa shape index (κ3) is 2.24. The Hall–Kier alpha value is -2.38. The first kappa shape index (κ1) is 14.6. The smallest absolute Gasteiger partial charge is 0.246 e. The number of nitrogen functional groups attached to an aromatic ring is 1. The summed E-state index contributed by atoms with van der Waals surface area (Å²) in [4.78, 5) is 0. The molecule has 1 aliphatic rings. The van der Waals surface area contributed by atoms with Gasteiger partial charge in [0.05, 0.1) is 5.56 Å². The minimum atomic E-state index is -0.748. The molecule has 0 bridgehead atoms. The number of halogens is 1. The average molecular weight is 315 g/mol. The lowest BCUT2D eigenvalue weighted by molar-refractivity contribution is -0.0429. The maximum absolute atomic E-state index is 9.29. The van der Waals surface area contributed by atoms with E-state index in [9.17, 15) is 5.26 Å². The van der Waals surface area contributed by atoms with Gasteiger partial charge in [0.15, 0.2) is 11.5 Å². The highest BCUT2D eigenvalue weighted by Crippen LogP contribution is 2.48. The predicted octanol–water partition coefficient (Wildman–Crippen LogP) is 4.28. The molecule has 0 unspecified atom stereocenters. The first-order valence-corrected chi connectivity index (χ1v) is 7.21. The SMILES string of the molecule is Cc1c(-c2cc(Cl)cc3c2OC(C)(C)O3)ccc(N)c1C#N. The van der Waals surface area contributed by atoms with Crippen LogP contribution in [0.5, 0.6) is 11.5 Å². The maximum Gasteiger partial charge on any atom is 0.246 e. The van der Waals surface area contributed by atoms with Gasteiger partial charge in [0.2, 0.25) is 5.79 Å². The monoisotopic (exact) mass is 314 g/mol. The van der Waals surface area contributed by atoms with Gasteiger partial charge >= 0.3 is 0 Å². The van der Waals surface area contributed by atoms with E-state index in [1.807, 2.05) is 32.9 Å². The fraction of sp³-hybridized carbons (Fsp3) is 0.235. The molecule has 112 valence electrons. The van der Waals surface area contributed by atoms with Gasteiger partial charge in [-0.25, -0.2) is 0 Å². The number of nitriles is 1. The Morgan fingerprint density at radius 2 is 1.91 bits per heavy atom. The number of nitrogens with zero attached hydrogens (tertiary/aromatic N) is 1. The van der Waals surface area contributed by atoms with Crippen LogP contribution in [0.3, 0.4) is 0 Å². The number of nitrogens with two attached hydrogens (primary N) is 1. The Morgan fingerprint density at radius 3 is 2.59 bits per heavy atom. The van der Waals surface area contributed by atoms with Crippen molar-refractivity contribution in [2.45, 2.75) is 26.6 Å². The molecule has 0 atom stereocenters. The standard InChI is InChI=1S/C17H15ClN2O2/c1-9-11(4-5-14(20)13(9)8-19)12-6-10(18)7-15-16(12)22-17(2,3)21-15/h4-7H,20H2,1-3H3. The van der Waals surface area contributed by atoms with Crippen molar-refractivity contribution in [3.63, 3.8) is 0 Å². The van der Waals surface area contributed by atoms with Crippen molar-refractivity contribution in [3.8, 4) is 28.7 Å². The molecule has 0 saturated heterocycles. The summed E-state index contributed by atoms with van der Waals surface area (Å²) in [5, 5.41) is 9.84. The molecule has 0 fully saturated rings. The highest BCUT2D eigenvalue weighted by atomic mass is 35.5. The van der Waals surface area contributed by atoms with Crippen molar-refractivity contribution in [3.05, 3.63) is 40.4 Å². The molecule has 0 aliphatic carbocycles. The first-order chi connectivity index (χ1) is 10.3. The van der Waals surface area contributed by atoms with Gasteiger partial charge in [-0.2, -0.15) is 5.26 Å². The van der Waals surface area contributed by atoms with Crippen LogP contribution in [0, 0.1) is 18.3 Å². The Balaban J connectivity index is 2.26. The van der Waals surface area contributed by atoms with Gasteiger partial charge in [-0.15, -0.1) is 0 Å². The molecule has 22 heavy (non-hydrogen) atoms. The van der Waals surface area contributed by atoms with Crippen LogP contribution in [-0.4, -0.2) is 5.79 Å². The quantitative estimate of drug-likeness (QED) is 0.798. The Morgan fingerprint density at radius 1 is 1.18 bits per heavy atom. The number of benzene rings is 2. The second kappa shape index (κ2) is 4.82. The molecular weight excluding hydrogens is 300 g/mol. The van der Waals surface area contributed by atoms with Crippen LogP contribution in [0.4, 0.5) is 5.69 Å². The van der Waals surface area contributed by atoms with Gasteiger partial charge in [0, 0.05) is 36.2 Å². The average Bonchev–Trinajstić information content (AvgIpc) is 2.72. The lowest BCUT2D eigenvalue weighted by Gasteiger charge is -2.17. The highest BCUT2D eigenvalue weighted by Gasteiger charge is 2.34. The van der Waals surface area contributed by atoms with Gasteiger partial charge in [-0.1, -0.05) is 17.7 Å². The molecule has 1 heterocycles. The first-order valence-electron chi connectivity index (χ1n) is 6.83. The molecule has 2 N–H and O–H groups in total. The molecule has 0 saturated carbocycles. The summed E-state index contributed by atoms with van der Waals surface area (Å²) >= 11 is 6.20. The van der Waals surface area contributed by atoms with Crippen molar-refractivity contribution in [2.75, 3.05) is 5.73 Å². The lowest BCUT2D eigenvalue weighted by Crippen LogP contribution is -2.29. The third-order valence-corrected chi connectivity index (χ3v) is 3.84. The van der Waals surface area contributed by atoms with Crippen molar-refractivity contribution in [1.82, 2.24) is 0 Å². The second-order valence-corrected chi connectivity index (χ2v) is 6.14. The molecule has 0 radical (unpaired) electrons. The number of anilines is 1. The van der Waals surface area contributed by atoms with Gasteiger partial charge in [-0.05, 0) is 30.2 Å². The number of hydrogen-bond acceptors (Lipinski definition) is 4. The van der Waals surface area contributed by atoms with E-state index < -0.39 is 5.79 Å². The fourth-order valence-electron chi connectivity index (χ4n) is 2.65. The summed E-state index contributed by atoms with van der Waals surface area (Å²) in [7, 11) is 0. The molecule has 0 spiro atoms. The van der Waals surface area contributed by atoms with Gasteiger partial charge in [0.25, 0.3) is 0 Å². The summed E-state index contributed by atoms with van der Waals surface area (Å²) in [6.45, 7) is 5.53. The molecule has 2 aromatic rings. The molecule has 3 rings (SSSR count). The topological polar surface area (TPSA) is 68.3 Å². The molecule has 4 nitrogen and oxygen atoms in total. The zero-order chi connectivity index (χ0) is 16.1. The number of rotatable bonds is 1. The Bertz CT molecular complexity index is 822. The van der Waals surface area contributed by atoms with E-state index in [0.717, 1.165) is 16.7 Å². The fourth-order valence-corrected chi connectivity index (χ4v) is 2.86. The van der Waals surface area contributed by atoms with E-state index in [1.165, 1.54) is 0 Å². The van der Waals surface area contributed by atoms with E-state index in [-0.39, 0.29) is 0 Å². The largest absolute Gasteiger partial charge is 0.449 e. The van der Waals surface area contributed by atoms with E-state index in [2.05, 4.69) is 6.07 Å². The van der Waals surface area contributed by atoms with Gasteiger partial charge in [0.1, 0.15) is 6.07 Å². The van der Waals surface area contributed by atoms with Crippen LogP contribution in [0.2, 0.25) is 5.02 Å². The van der Waals surface area contributed by atoms with Crippen LogP contribution in [0.15, 0.2) is 24.3 Å². The van der Waals surface area contributed by atoms with Crippen molar-refractivity contribution >= 4 is 17.3 Å². The van der Waals surface area contributed by atoms with Crippen molar-refractivity contribution in [2.24, 2.45) is 0 Å². The van der Waals surface area contributed by atoms with Crippen LogP contribution in [0.1, 0.15) is 25.0 Å². The zero-order valence-electron chi connectivity index (χ0n) is 12.5. The minimum Gasteiger partial charge on any atom is -0.449 e. The second-order valence-electron chi connectivity index (χ2n) is 5.70. The van der Waals surface area contributed by atoms with E-state index in [4.69, 9.17) is 26.8 Å². The summed E-state index contributed by atoms with van der Waals surface area (Å²) in [5.74, 6) is 0.482. The molecule has 0 aromatic heterocycles. The van der Waals surface area contributed by atoms with Crippen LogP contribution < -0.4 is 15.2 Å². The molecule has 0 amide bonds. The maximum atomic E-state index is 9.29. The molecule has 5 heteroatoms. The van der Waals surface area contributed by atoms with Crippen LogP contribution in [-0.2, 0) is 0 Å². The Labute approximate surface area is 134 Å². The van der Waals surface area contributed by atoms with Crippen LogP contribution in [0.25, 0.3) is 11.1 Å². The lowest BCUT2D eigenvalue weighted by atomic mass is 9.95. The zero-order valence-corrected chi connectivity index (χ0v) is 13.3. The van der Waals surface area contributed by atoms with Gasteiger partial charge < -0.3 is 15.2 Å². The Kier molecular flexibility index (Phi) is 3.19. The summed E-state index contributed by atoms with van der Waals surface area (Å²) in [5.41, 5.74) is 9.22. The minimum absolute atomic E-state index is 0.458. The number of fused-ring (bicyclic) bond motifs is 1. The number of ether oxygens (including phenoxy) is 2. The van der Waals surface area contributed by atoms with E-state index in [0.29, 0.717) is 27.8 Å². The molecule has 1 aliphatic heterocycles. The molecular formula is C17H15ClN2O2. The van der Waals surface area contributed by atoms with E-state index in [1.54, 1.807) is 12.1 Å². The third-order valence-electron chi connectivity index (χ3n) is 3.62. The summed E-state index contributed by atoms with van der Waals surface area (Å²) in [6, 6.07) is 9.27. The highest BCUT2D eigenvalue weighted by molar-refractivity contribution is 6.31. The molecule has 2 aromatic carbocycles. The summed E-state index contributed by atoms with van der Waals surface area (Å²) in [6.07, 6.45) is 0. The summed E-state index contributed by atoms with van der Waals surface area (Å²) < 4.78 is 11.7. The van der Waals surface area contributed by atoms with Crippen molar-refractivity contribution in [1.29, 1.82) is 5.26 Å². The van der Waals surface area contributed by atoms with Crippen molar-refractivity contribution < 1.29 is 9.47 Å². The van der Waals surface area contributed by atoms with E-state index >= 15 is 0 Å². The van der Waals surface area contributed by atoms with Crippen LogP contribution >= 0.6 is 11.6 Å².